The quantitative estimate of drug-likeness (QED) is 0.826. The minimum Gasteiger partial charge on any atom is -0.316 e. The van der Waals surface area contributed by atoms with Crippen LogP contribution in [0.5, 0.6) is 0 Å². The Balaban J connectivity index is 2.02. The summed E-state index contributed by atoms with van der Waals surface area (Å²) in [6.45, 7) is 6.37. The van der Waals surface area contributed by atoms with Gasteiger partial charge in [0.25, 0.3) is 0 Å². The van der Waals surface area contributed by atoms with Gasteiger partial charge in [-0.1, -0.05) is 19.1 Å². The second-order valence-electron chi connectivity index (χ2n) is 5.00. The molecular weight excluding hydrogens is 201 g/mol. The van der Waals surface area contributed by atoms with Crippen LogP contribution in [0.25, 0.3) is 0 Å². The maximum absolute atomic E-state index is 13.2. The number of nitrogens with one attached hydrogen (secondary N) is 1. The third-order valence-electron chi connectivity index (χ3n) is 3.60. The molecule has 1 aliphatic rings. The zero-order valence-corrected chi connectivity index (χ0v) is 10.1. The van der Waals surface area contributed by atoms with Gasteiger partial charge in [-0.15, -0.1) is 0 Å². The highest BCUT2D eigenvalue weighted by Crippen LogP contribution is 2.27. The lowest BCUT2D eigenvalue weighted by molar-refractivity contribution is 0.483. The molecule has 2 rings (SSSR count). The zero-order valence-electron chi connectivity index (χ0n) is 10.1. The molecule has 0 spiro atoms. The van der Waals surface area contributed by atoms with Gasteiger partial charge in [-0.2, -0.15) is 0 Å². The van der Waals surface area contributed by atoms with Crippen LogP contribution in [0.15, 0.2) is 18.2 Å². The highest BCUT2D eigenvalue weighted by atomic mass is 19.1. The smallest absolute Gasteiger partial charge is 0.126 e. The van der Waals surface area contributed by atoms with E-state index in [0.29, 0.717) is 5.92 Å². The number of hydrogen-bond donors (Lipinski definition) is 1. The van der Waals surface area contributed by atoms with Crippen LogP contribution in [0, 0.1) is 18.7 Å². The van der Waals surface area contributed by atoms with Crippen LogP contribution in [0.4, 0.5) is 4.39 Å². The molecule has 1 aliphatic heterocycles. The lowest BCUT2D eigenvalue weighted by Crippen LogP contribution is -2.11. The molecule has 1 aromatic carbocycles. The van der Waals surface area contributed by atoms with E-state index in [2.05, 4.69) is 12.2 Å². The van der Waals surface area contributed by atoms with Gasteiger partial charge < -0.3 is 5.32 Å². The van der Waals surface area contributed by atoms with Crippen molar-refractivity contribution in [2.24, 2.45) is 5.92 Å². The Morgan fingerprint density at radius 2 is 2.31 bits per heavy atom. The Morgan fingerprint density at radius 1 is 1.50 bits per heavy atom. The van der Waals surface area contributed by atoms with Crippen LogP contribution in [0.1, 0.15) is 36.8 Å². The molecule has 0 amide bonds. The predicted molar refractivity (Wildman–Crippen MR) is 65.1 cm³/mol. The topological polar surface area (TPSA) is 12.0 Å². The van der Waals surface area contributed by atoms with Crippen molar-refractivity contribution in [2.45, 2.75) is 32.6 Å². The Hall–Kier alpha value is -0.890. The second kappa shape index (κ2) is 4.96. The lowest BCUT2D eigenvalue weighted by atomic mass is 9.89. The van der Waals surface area contributed by atoms with Crippen LogP contribution in [0.3, 0.4) is 0 Å². The summed E-state index contributed by atoms with van der Waals surface area (Å²) in [6, 6.07) is 5.51. The lowest BCUT2D eigenvalue weighted by Gasteiger charge is -2.16. The minimum absolute atomic E-state index is 0.0986. The van der Waals surface area contributed by atoms with Crippen molar-refractivity contribution < 1.29 is 4.39 Å². The van der Waals surface area contributed by atoms with Crippen molar-refractivity contribution in [2.75, 3.05) is 13.1 Å². The second-order valence-corrected chi connectivity index (χ2v) is 5.00. The highest BCUT2D eigenvalue weighted by Gasteiger charge is 2.18. The first kappa shape index (κ1) is 11.6. The molecule has 1 N–H and O–H groups in total. The van der Waals surface area contributed by atoms with E-state index in [1.54, 1.807) is 6.07 Å². The molecule has 1 fully saturated rings. The molecule has 1 aromatic rings. The molecule has 0 radical (unpaired) electrons. The van der Waals surface area contributed by atoms with Gasteiger partial charge in [0.05, 0.1) is 0 Å². The summed E-state index contributed by atoms with van der Waals surface area (Å²) >= 11 is 0. The van der Waals surface area contributed by atoms with Gasteiger partial charge in [0, 0.05) is 0 Å². The first-order chi connectivity index (χ1) is 7.66. The normalized spacial score (nSPS) is 22.3. The average molecular weight is 221 g/mol. The Kier molecular flexibility index (Phi) is 3.59. The molecule has 16 heavy (non-hydrogen) atoms. The Morgan fingerprint density at radius 3 is 2.94 bits per heavy atom. The van der Waals surface area contributed by atoms with Crippen molar-refractivity contribution in [1.82, 2.24) is 5.32 Å². The van der Waals surface area contributed by atoms with Gasteiger partial charge in [-0.25, -0.2) is 4.39 Å². The van der Waals surface area contributed by atoms with Crippen molar-refractivity contribution in [3.63, 3.8) is 0 Å². The molecule has 1 nitrogen and oxygen atoms in total. The fourth-order valence-corrected chi connectivity index (χ4v) is 2.53. The molecule has 2 unspecified atom stereocenters. The number of benzene rings is 1. The third kappa shape index (κ3) is 2.62. The van der Waals surface area contributed by atoms with Crippen LogP contribution >= 0.6 is 0 Å². The van der Waals surface area contributed by atoms with E-state index in [4.69, 9.17) is 0 Å². The fraction of sp³-hybridized carbons (Fsp3) is 0.571. The highest BCUT2D eigenvalue weighted by molar-refractivity contribution is 5.26. The van der Waals surface area contributed by atoms with E-state index in [9.17, 15) is 4.39 Å². The molecule has 2 atom stereocenters. The van der Waals surface area contributed by atoms with E-state index >= 15 is 0 Å². The van der Waals surface area contributed by atoms with E-state index in [0.717, 1.165) is 24.6 Å². The standard InChI is InChI=1S/C14H20FN/c1-10(7-12-5-6-16-9-12)13-3-4-14(15)11(2)8-13/h3-4,8,10,12,16H,5-7,9H2,1-2H3. The molecule has 0 aliphatic carbocycles. The Bertz CT molecular complexity index is 356. The maximum atomic E-state index is 13.2. The van der Waals surface area contributed by atoms with Crippen LogP contribution < -0.4 is 5.32 Å². The largest absolute Gasteiger partial charge is 0.316 e. The van der Waals surface area contributed by atoms with Gasteiger partial charge in [0.1, 0.15) is 5.82 Å². The third-order valence-corrected chi connectivity index (χ3v) is 3.60. The average Bonchev–Trinajstić information content (AvgIpc) is 2.74. The van der Waals surface area contributed by atoms with Crippen molar-refractivity contribution in [3.05, 3.63) is 35.1 Å². The molecule has 1 heterocycles. The van der Waals surface area contributed by atoms with E-state index in [1.165, 1.54) is 18.4 Å². The first-order valence-electron chi connectivity index (χ1n) is 6.13. The van der Waals surface area contributed by atoms with E-state index < -0.39 is 0 Å². The molecule has 0 bridgehead atoms. The number of aryl methyl sites for hydroxylation is 1. The maximum Gasteiger partial charge on any atom is 0.126 e. The monoisotopic (exact) mass is 221 g/mol. The SMILES string of the molecule is Cc1cc(C(C)CC2CCNC2)ccc1F. The van der Waals surface area contributed by atoms with Crippen molar-refractivity contribution >= 4 is 0 Å². The van der Waals surface area contributed by atoms with Gasteiger partial charge >= 0.3 is 0 Å². The molecule has 0 saturated carbocycles. The van der Waals surface area contributed by atoms with Crippen LogP contribution in [-0.4, -0.2) is 13.1 Å². The minimum atomic E-state index is -0.0986. The summed E-state index contributed by atoms with van der Waals surface area (Å²) in [5.74, 6) is 1.23. The summed E-state index contributed by atoms with van der Waals surface area (Å²) in [6.07, 6.45) is 2.49. The van der Waals surface area contributed by atoms with Gasteiger partial charge in [0.15, 0.2) is 0 Å². The number of rotatable bonds is 3. The zero-order chi connectivity index (χ0) is 11.5. The van der Waals surface area contributed by atoms with E-state index in [1.807, 2.05) is 19.1 Å². The fourth-order valence-electron chi connectivity index (χ4n) is 2.53. The Labute approximate surface area is 97.1 Å². The molecule has 1 saturated heterocycles. The summed E-state index contributed by atoms with van der Waals surface area (Å²) in [5, 5.41) is 3.39. The van der Waals surface area contributed by atoms with Crippen molar-refractivity contribution in [1.29, 1.82) is 0 Å². The summed E-state index contributed by atoms with van der Waals surface area (Å²) in [7, 11) is 0. The van der Waals surface area contributed by atoms with Gasteiger partial charge in [-0.05, 0) is 61.9 Å². The molecular formula is C14H20FN. The molecule has 0 aromatic heterocycles. The number of halogens is 1. The summed E-state index contributed by atoms with van der Waals surface area (Å²) in [5.41, 5.74) is 2.03. The van der Waals surface area contributed by atoms with Gasteiger partial charge in [0.2, 0.25) is 0 Å². The summed E-state index contributed by atoms with van der Waals surface area (Å²) in [4.78, 5) is 0. The van der Waals surface area contributed by atoms with Crippen LogP contribution in [-0.2, 0) is 0 Å². The first-order valence-corrected chi connectivity index (χ1v) is 6.13. The molecule has 88 valence electrons. The summed E-state index contributed by atoms with van der Waals surface area (Å²) < 4.78 is 13.2. The van der Waals surface area contributed by atoms with E-state index in [-0.39, 0.29) is 5.82 Å². The predicted octanol–water partition coefficient (Wildman–Crippen LogP) is 3.24. The van der Waals surface area contributed by atoms with Gasteiger partial charge in [-0.3, -0.25) is 0 Å². The molecule has 2 heteroatoms. The van der Waals surface area contributed by atoms with Crippen LogP contribution in [0.2, 0.25) is 0 Å². The van der Waals surface area contributed by atoms with Crippen molar-refractivity contribution in [3.8, 4) is 0 Å². The number of hydrogen-bond acceptors (Lipinski definition) is 1.